The Hall–Kier alpha value is -0.540. The zero-order chi connectivity index (χ0) is 13.2. The number of rotatable bonds is 4. The highest BCUT2D eigenvalue weighted by Gasteiger charge is 2.27. The highest BCUT2D eigenvalue weighted by Crippen LogP contribution is 2.34. The molecule has 0 heterocycles. The van der Waals surface area contributed by atoms with Crippen LogP contribution < -0.4 is 0 Å². The maximum absolute atomic E-state index is 9.95. The molecule has 0 aliphatic rings. The summed E-state index contributed by atoms with van der Waals surface area (Å²) in [4.78, 5) is 2.30. The Kier molecular flexibility index (Phi) is 4.62. The van der Waals surface area contributed by atoms with Crippen LogP contribution in [0.5, 0.6) is 5.75 Å². The van der Waals surface area contributed by atoms with Crippen LogP contribution in [-0.2, 0) is 0 Å². The molecule has 0 fully saturated rings. The molecule has 0 aromatic heterocycles. The van der Waals surface area contributed by atoms with Gasteiger partial charge in [-0.05, 0) is 52.4 Å². The topological polar surface area (TPSA) is 23.5 Å². The monoisotopic (exact) mass is 299 g/mol. The van der Waals surface area contributed by atoms with E-state index in [1.807, 2.05) is 12.1 Å². The molecule has 96 valence electrons. The van der Waals surface area contributed by atoms with Crippen LogP contribution in [0.25, 0.3) is 0 Å². The van der Waals surface area contributed by atoms with Crippen molar-refractivity contribution in [2.45, 2.75) is 45.7 Å². The number of aromatic hydroxyl groups is 1. The van der Waals surface area contributed by atoms with Crippen molar-refractivity contribution < 1.29 is 5.11 Å². The van der Waals surface area contributed by atoms with Crippen LogP contribution in [0.3, 0.4) is 0 Å². The second-order valence-corrected chi connectivity index (χ2v) is 6.07. The molecule has 0 radical (unpaired) electrons. The number of hydrogen-bond acceptors (Lipinski definition) is 2. The number of phenols is 1. The first kappa shape index (κ1) is 14.5. The molecule has 1 N–H and O–H groups in total. The van der Waals surface area contributed by atoms with Crippen molar-refractivity contribution in [1.29, 1.82) is 0 Å². The smallest absolute Gasteiger partial charge is 0.120 e. The summed E-state index contributed by atoms with van der Waals surface area (Å²) in [6, 6.07) is 5.77. The summed E-state index contributed by atoms with van der Waals surface area (Å²) in [6.07, 6.45) is 1.07. The van der Waals surface area contributed by atoms with E-state index >= 15 is 0 Å². The first-order chi connectivity index (χ1) is 7.79. The van der Waals surface area contributed by atoms with Crippen molar-refractivity contribution in [3.8, 4) is 5.75 Å². The molecule has 17 heavy (non-hydrogen) atoms. The standard InChI is InChI=1S/C14H22BrNO/c1-6-14(3,4)16(5)10(2)12-9-11(15)7-8-13(12)17/h7-10,17H,6H2,1-5H3. The number of benzene rings is 1. The van der Waals surface area contributed by atoms with Crippen molar-refractivity contribution in [3.05, 3.63) is 28.2 Å². The van der Waals surface area contributed by atoms with E-state index in [1.165, 1.54) is 0 Å². The van der Waals surface area contributed by atoms with Gasteiger partial charge in [-0.15, -0.1) is 0 Å². The Bertz CT molecular complexity index is 390. The minimum absolute atomic E-state index is 0.119. The molecule has 1 rings (SSSR count). The summed E-state index contributed by atoms with van der Waals surface area (Å²) in [5.41, 5.74) is 1.08. The largest absolute Gasteiger partial charge is 0.508 e. The van der Waals surface area contributed by atoms with E-state index in [9.17, 15) is 5.11 Å². The molecule has 0 bridgehead atoms. The van der Waals surface area contributed by atoms with Gasteiger partial charge in [0, 0.05) is 21.6 Å². The molecule has 0 saturated carbocycles. The number of nitrogens with zero attached hydrogens (tertiary/aromatic N) is 1. The van der Waals surface area contributed by atoms with Crippen LogP contribution in [0, 0.1) is 0 Å². The van der Waals surface area contributed by atoms with Gasteiger partial charge in [0.2, 0.25) is 0 Å². The lowest BCUT2D eigenvalue weighted by molar-refractivity contribution is 0.104. The Morgan fingerprint density at radius 1 is 1.41 bits per heavy atom. The maximum atomic E-state index is 9.95. The Morgan fingerprint density at radius 3 is 2.53 bits per heavy atom. The van der Waals surface area contributed by atoms with Gasteiger partial charge in [-0.1, -0.05) is 22.9 Å². The molecule has 3 heteroatoms. The van der Waals surface area contributed by atoms with Gasteiger partial charge in [0.25, 0.3) is 0 Å². The van der Waals surface area contributed by atoms with E-state index in [0.29, 0.717) is 5.75 Å². The molecular formula is C14H22BrNO. The Labute approximate surface area is 113 Å². The van der Waals surface area contributed by atoms with Crippen LogP contribution in [0.2, 0.25) is 0 Å². The molecule has 1 atom stereocenters. The molecule has 0 aliphatic heterocycles. The number of halogens is 1. The van der Waals surface area contributed by atoms with E-state index in [1.54, 1.807) is 6.07 Å². The molecule has 0 aliphatic carbocycles. The fraction of sp³-hybridized carbons (Fsp3) is 0.571. The summed E-state index contributed by atoms with van der Waals surface area (Å²) in [5, 5.41) is 9.95. The first-order valence-electron chi connectivity index (χ1n) is 6.01. The summed E-state index contributed by atoms with van der Waals surface area (Å²) < 4.78 is 1.000. The summed E-state index contributed by atoms with van der Waals surface area (Å²) in [5.74, 6) is 0.361. The lowest BCUT2D eigenvalue weighted by Crippen LogP contribution is -2.41. The van der Waals surface area contributed by atoms with E-state index in [0.717, 1.165) is 16.5 Å². The lowest BCUT2D eigenvalue weighted by Gasteiger charge is -2.39. The molecule has 2 nitrogen and oxygen atoms in total. The number of hydrogen-bond donors (Lipinski definition) is 1. The minimum atomic E-state index is 0.119. The van der Waals surface area contributed by atoms with Gasteiger partial charge in [-0.2, -0.15) is 0 Å². The van der Waals surface area contributed by atoms with E-state index in [-0.39, 0.29) is 11.6 Å². The van der Waals surface area contributed by atoms with Gasteiger partial charge in [-0.25, -0.2) is 0 Å². The van der Waals surface area contributed by atoms with Crippen molar-refractivity contribution in [2.24, 2.45) is 0 Å². The van der Waals surface area contributed by atoms with Crippen molar-refractivity contribution >= 4 is 15.9 Å². The fourth-order valence-electron chi connectivity index (χ4n) is 1.84. The molecular weight excluding hydrogens is 278 g/mol. The first-order valence-corrected chi connectivity index (χ1v) is 6.80. The summed E-state index contributed by atoms with van der Waals surface area (Å²) in [7, 11) is 2.11. The second kappa shape index (κ2) is 5.40. The van der Waals surface area contributed by atoms with Crippen LogP contribution in [0.4, 0.5) is 0 Å². The second-order valence-electron chi connectivity index (χ2n) is 5.16. The molecule has 0 spiro atoms. The quantitative estimate of drug-likeness (QED) is 0.894. The van der Waals surface area contributed by atoms with E-state index in [4.69, 9.17) is 0 Å². The van der Waals surface area contributed by atoms with Gasteiger partial charge in [-0.3, -0.25) is 4.90 Å². The van der Waals surface area contributed by atoms with E-state index < -0.39 is 0 Å². The fourth-order valence-corrected chi connectivity index (χ4v) is 2.22. The average Bonchev–Trinajstić information content (AvgIpc) is 2.30. The van der Waals surface area contributed by atoms with Crippen LogP contribution in [-0.4, -0.2) is 22.6 Å². The molecule has 1 aromatic rings. The van der Waals surface area contributed by atoms with Crippen molar-refractivity contribution in [3.63, 3.8) is 0 Å². The highest BCUT2D eigenvalue weighted by atomic mass is 79.9. The summed E-state index contributed by atoms with van der Waals surface area (Å²) in [6.45, 7) is 8.75. The zero-order valence-electron chi connectivity index (χ0n) is 11.3. The Balaban J connectivity index is 3.04. The van der Waals surface area contributed by atoms with Gasteiger partial charge < -0.3 is 5.11 Å². The van der Waals surface area contributed by atoms with E-state index in [2.05, 4.69) is 55.6 Å². The average molecular weight is 300 g/mol. The molecule has 0 amide bonds. The maximum Gasteiger partial charge on any atom is 0.120 e. The van der Waals surface area contributed by atoms with Crippen LogP contribution in [0.1, 0.15) is 45.7 Å². The van der Waals surface area contributed by atoms with Crippen LogP contribution in [0.15, 0.2) is 22.7 Å². The molecule has 1 aromatic carbocycles. The predicted molar refractivity (Wildman–Crippen MR) is 76.4 cm³/mol. The van der Waals surface area contributed by atoms with Gasteiger partial charge in [0.15, 0.2) is 0 Å². The normalized spacial score (nSPS) is 14.1. The number of phenolic OH excluding ortho intramolecular Hbond substituents is 1. The van der Waals surface area contributed by atoms with Gasteiger partial charge >= 0.3 is 0 Å². The molecule has 1 unspecified atom stereocenters. The molecule has 0 saturated heterocycles. The van der Waals surface area contributed by atoms with Gasteiger partial charge in [0.1, 0.15) is 5.75 Å². The predicted octanol–water partition coefficient (Wildman–Crippen LogP) is 4.34. The zero-order valence-corrected chi connectivity index (χ0v) is 12.9. The van der Waals surface area contributed by atoms with Crippen molar-refractivity contribution in [1.82, 2.24) is 4.90 Å². The third kappa shape index (κ3) is 3.23. The third-order valence-electron chi connectivity index (χ3n) is 3.84. The SMILES string of the molecule is CCC(C)(C)N(C)C(C)c1cc(Br)ccc1O. The highest BCUT2D eigenvalue weighted by molar-refractivity contribution is 9.10. The van der Waals surface area contributed by atoms with Crippen molar-refractivity contribution in [2.75, 3.05) is 7.05 Å². The van der Waals surface area contributed by atoms with Crippen LogP contribution >= 0.6 is 15.9 Å². The third-order valence-corrected chi connectivity index (χ3v) is 4.33. The Morgan fingerprint density at radius 2 is 2.00 bits per heavy atom. The summed E-state index contributed by atoms with van der Waals surface area (Å²) >= 11 is 3.45. The lowest BCUT2D eigenvalue weighted by atomic mass is 9.95. The van der Waals surface area contributed by atoms with Gasteiger partial charge in [0.05, 0.1) is 0 Å². The minimum Gasteiger partial charge on any atom is -0.508 e.